The predicted molar refractivity (Wildman–Crippen MR) is 152 cm³/mol. The summed E-state index contributed by atoms with van der Waals surface area (Å²) in [4.78, 5) is 15.6. The Bertz CT molecular complexity index is 1500. The van der Waals surface area contributed by atoms with E-state index < -0.39 is 5.54 Å². The van der Waals surface area contributed by atoms with E-state index in [0.29, 0.717) is 31.2 Å². The lowest BCUT2D eigenvalue weighted by molar-refractivity contribution is 0.0853. The highest BCUT2D eigenvalue weighted by Crippen LogP contribution is 2.53. The molecule has 2 atom stereocenters. The Labute approximate surface area is 229 Å². The van der Waals surface area contributed by atoms with E-state index in [1.165, 1.54) is 5.56 Å². The summed E-state index contributed by atoms with van der Waals surface area (Å²) in [5, 5.41) is 11.5. The summed E-state index contributed by atoms with van der Waals surface area (Å²) in [5.41, 5.74) is 3.82. The molecule has 198 valence electrons. The highest BCUT2D eigenvalue weighted by atomic mass is 16.5. The van der Waals surface area contributed by atoms with Crippen molar-refractivity contribution in [2.75, 3.05) is 31.8 Å². The lowest BCUT2D eigenvalue weighted by Gasteiger charge is -2.23. The van der Waals surface area contributed by atoms with Gasteiger partial charge in [-0.25, -0.2) is 0 Å². The molecule has 1 aliphatic carbocycles. The number of rotatable bonds is 8. The van der Waals surface area contributed by atoms with Crippen molar-refractivity contribution in [3.8, 4) is 6.07 Å². The van der Waals surface area contributed by atoms with Gasteiger partial charge in [0.25, 0.3) is 5.91 Å². The number of carbonyl (C=O) groups excluding carboxylic acids is 1. The topological polar surface area (TPSA) is 67.5 Å². The second-order valence-electron chi connectivity index (χ2n) is 10.7. The van der Waals surface area contributed by atoms with Gasteiger partial charge in [0.05, 0.1) is 24.8 Å². The molecule has 1 saturated heterocycles. The number of carbonyl (C=O) groups is 1. The lowest BCUT2D eigenvalue weighted by atomic mass is 9.91. The van der Waals surface area contributed by atoms with Gasteiger partial charge in [-0.2, -0.15) is 5.26 Å². The van der Waals surface area contributed by atoms with Crippen LogP contribution in [0, 0.1) is 17.2 Å². The molecule has 2 heterocycles. The van der Waals surface area contributed by atoms with Crippen molar-refractivity contribution >= 4 is 22.5 Å². The first-order chi connectivity index (χ1) is 19.1. The molecule has 6 nitrogen and oxygen atoms in total. The number of anilines is 1. The zero-order valence-electron chi connectivity index (χ0n) is 22.3. The van der Waals surface area contributed by atoms with E-state index in [1.807, 2.05) is 71.3 Å². The summed E-state index contributed by atoms with van der Waals surface area (Å²) in [6, 6.07) is 30.7. The van der Waals surface area contributed by atoms with Crippen molar-refractivity contribution in [1.29, 1.82) is 5.26 Å². The van der Waals surface area contributed by atoms with Gasteiger partial charge in [0, 0.05) is 37.3 Å². The molecule has 6 rings (SSSR count). The van der Waals surface area contributed by atoms with E-state index in [9.17, 15) is 10.1 Å². The number of hydrogen-bond donors (Lipinski definition) is 0. The monoisotopic (exact) mass is 519 g/mol. The van der Waals surface area contributed by atoms with Crippen LogP contribution in [-0.2, 0) is 21.6 Å². The Morgan fingerprint density at radius 3 is 2.49 bits per heavy atom. The minimum atomic E-state index is -0.818. The molecule has 0 N–H and O–H groups in total. The molecule has 1 aliphatic heterocycles. The smallest absolute Gasteiger partial charge is 0.274 e. The third kappa shape index (κ3) is 4.85. The first-order valence-corrected chi connectivity index (χ1v) is 13.7. The number of benzene rings is 3. The molecule has 2 fully saturated rings. The molecule has 0 bridgehead atoms. The number of nitriles is 1. The van der Waals surface area contributed by atoms with E-state index in [0.717, 1.165) is 48.2 Å². The number of para-hydroxylation sites is 1. The number of fused-ring (bicyclic) bond motifs is 1. The number of ether oxygens (including phenoxy) is 2. The molecule has 0 radical (unpaired) electrons. The first-order valence-electron chi connectivity index (χ1n) is 13.7. The van der Waals surface area contributed by atoms with Crippen LogP contribution in [0.15, 0.2) is 84.9 Å². The number of aromatic nitrogens is 1. The van der Waals surface area contributed by atoms with Gasteiger partial charge in [-0.1, -0.05) is 54.6 Å². The van der Waals surface area contributed by atoms with Crippen LogP contribution in [0.1, 0.15) is 46.8 Å². The molecular weight excluding hydrogens is 486 g/mol. The van der Waals surface area contributed by atoms with E-state index in [4.69, 9.17) is 9.47 Å². The molecule has 3 aromatic carbocycles. The molecule has 39 heavy (non-hydrogen) atoms. The summed E-state index contributed by atoms with van der Waals surface area (Å²) < 4.78 is 13.6. The minimum absolute atomic E-state index is 0.00515. The van der Waals surface area contributed by atoms with E-state index in [1.54, 1.807) is 11.9 Å². The van der Waals surface area contributed by atoms with E-state index in [2.05, 4.69) is 24.3 Å². The summed E-state index contributed by atoms with van der Waals surface area (Å²) in [5.74, 6) is 0.323. The Morgan fingerprint density at radius 2 is 1.77 bits per heavy atom. The largest absolute Gasteiger partial charge is 0.381 e. The maximum absolute atomic E-state index is 14.0. The van der Waals surface area contributed by atoms with Crippen molar-refractivity contribution in [2.24, 2.45) is 5.92 Å². The molecule has 1 aromatic heterocycles. The van der Waals surface area contributed by atoms with Gasteiger partial charge in [0.1, 0.15) is 11.2 Å². The van der Waals surface area contributed by atoms with Crippen LogP contribution in [-0.4, -0.2) is 37.3 Å². The van der Waals surface area contributed by atoms with Gasteiger partial charge in [0.15, 0.2) is 0 Å². The second kappa shape index (κ2) is 10.7. The zero-order valence-corrected chi connectivity index (χ0v) is 22.3. The average molecular weight is 520 g/mol. The maximum atomic E-state index is 14.0. The number of amides is 1. The molecule has 6 heteroatoms. The summed E-state index contributed by atoms with van der Waals surface area (Å²) in [6.07, 6.45) is 2.65. The van der Waals surface area contributed by atoms with E-state index >= 15 is 0 Å². The minimum Gasteiger partial charge on any atom is -0.381 e. The normalized spacial score (nSPS) is 21.0. The highest BCUT2D eigenvalue weighted by molar-refractivity contribution is 6.08. The van der Waals surface area contributed by atoms with Crippen LogP contribution in [0.2, 0.25) is 0 Å². The lowest BCUT2D eigenvalue weighted by Crippen LogP contribution is -2.32. The van der Waals surface area contributed by atoms with Crippen LogP contribution in [0.3, 0.4) is 0 Å². The Kier molecular flexibility index (Phi) is 6.95. The van der Waals surface area contributed by atoms with Crippen molar-refractivity contribution in [1.82, 2.24) is 4.57 Å². The van der Waals surface area contributed by atoms with Crippen molar-refractivity contribution in [3.05, 3.63) is 102 Å². The standard InChI is InChI=1S/C33H33N3O3/c1-35(29-10-6-3-7-11-29)32(37)31-19-27-18-26(25-14-16-38-17-15-25)12-13-30(27)36(31)33(23-34)20-28(33)22-39-21-24-8-4-2-5-9-24/h2-13,18-19,25,28H,14-17,20-22H2,1H3/t28-,33-/m1/s1. The fourth-order valence-corrected chi connectivity index (χ4v) is 5.91. The Balaban J connectivity index is 1.35. The van der Waals surface area contributed by atoms with Crippen molar-refractivity contribution in [3.63, 3.8) is 0 Å². The van der Waals surface area contributed by atoms with Gasteiger partial charge in [0.2, 0.25) is 0 Å². The molecule has 1 amide bonds. The number of hydrogen-bond acceptors (Lipinski definition) is 4. The van der Waals surface area contributed by atoms with Crippen LogP contribution in [0.4, 0.5) is 5.69 Å². The van der Waals surface area contributed by atoms with Gasteiger partial charge >= 0.3 is 0 Å². The number of nitrogens with zero attached hydrogens (tertiary/aromatic N) is 3. The van der Waals surface area contributed by atoms with Crippen molar-refractivity contribution < 1.29 is 14.3 Å². The Hall–Kier alpha value is -3.92. The molecule has 0 unspecified atom stereocenters. The van der Waals surface area contributed by atoms with Gasteiger partial charge in [-0.15, -0.1) is 0 Å². The summed E-state index contributed by atoms with van der Waals surface area (Å²) >= 11 is 0. The fraction of sp³-hybridized carbons (Fsp3) is 0.333. The molecular formula is C33H33N3O3. The molecule has 2 aliphatic rings. The van der Waals surface area contributed by atoms with Crippen LogP contribution >= 0.6 is 0 Å². The van der Waals surface area contributed by atoms with Crippen LogP contribution in [0.25, 0.3) is 10.9 Å². The van der Waals surface area contributed by atoms with Gasteiger partial charge < -0.3 is 18.9 Å². The van der Waals surface area contributed by atoms with E-state index in [-0.39, 0.29) is 11.8 Å². The van der Waals surface area contributed by atoms with Gasteiger partial charge in [-0.05, 0) is 66.6 Å². The fourth-order valence-electron chi connectivity index (χ4n) is 5.91. The Morgan fingerprint density at radius 1 is 1.05 bits per heavy atom. The quantitative estimate of drug-likeness (QED) is 0.275. The summed E-state index contributed by atoms with van der Waals surface area (Å²) in [6.45, 7) is 2.52. The predicted octanol–water partition coefficient (Wildman–Crippen LogP) is 6.27. The molecule has 0 spiro atoms. The molecule has 4 aromatic rings. The zero-order chi connectivity index (χ0) is 26.8. The maximum Gasteiger partial charge on any atom is 0.274 e. The third-order valence-electron chi connectivity index (χ3n) is 8.28. The average Bonchev–Trinajstić information content (AvgIpc) is 3.57. The van der Waals surface area contributed by atoms with Crippen LogP contribution in [0.5, 0.6) is 0 Å². The van der Waals surface area contributed by atoms with Crippen LogP contribution < -0.4 is 4.90 Å². The SMILES string of the molecule is CN(C(=O)c1cc2cc(C3CCOCC3)ccc2n1[C@@]1(C#N)C[C@@H]1COCc1ccccc1)c1ccccc1. The van der Waals surface area contributed by atoms with Gasteiger partial charge in [-0.3, -0.25) is 4.79 Å². The van der Waals surface area contributed by atoms with Crippen molar-refractivity contribution in [2.45, 2.75) is 37.3 Å². The second-order valence-corrected chi connectivity index (χ2v) is 10.7. The third-order valence-corrected chi connectivity index (χ3v) is 8.28. The summed E-state index contributed by atoms with van der Waals surface area (Å²) in [7, 11) is 1.79. The molecule has 1 saturated carbocycles. The first kappa shape index (κ1) is 25.4. The highest BCUT2D eigenvalue weighted by Gasteiger charge is 2.58.